The van der Waals surface area contributed by atoms with Crippen LogP contribution in [0.3, 0.4) is 0 Å². The first-order chi connectivity index (χ1) is 10.6. The van der Waals surface area contributed by atoms with E-state index in [0.717, 1.165) is 0 Å². The molecule has 0 saturated carbocycles. The van der Waals surface area contributed by atoms with Gasteiger partial charge in [0.1, 0.15) is 11.4 Å². The van der Waals surface area contributed by atoms with Gasteiger partial charge in [0.2, 0.25) is 5.28 Å². The number of aromatic nitrogens is 2. The first kappa shape index (κ1) is 17.3. The molecule has 0 bridgehead atoms. The van der Waals surface area contributed by atoms with Gasteiger partial charge >= 0.3 is 12.1 Å². The number of nitrogens with zero attached hydrogens (tertiary/aromatic N) is 3. The van der Waals surface area contributed by atoms with Crippen LogP contribution in [0, 0.1) is 0 Å². The highest BCUT2D eigenvalue weighted by Crippen LogP contribution is 2.21. The molecule has 0 aliphatic carbocycles. The zero-order valence-electron chi connectivity index (χ0n) is 13.2. The third kappa shape index (κ3) is 4.95. The Hall–Kier alpha value is -2.09. The van der Waals surface area contributed by atoms with Gasteiger partial charge < -0.3 is 20.1 Å². The molecule has 1 aliphatic heterocycles. The molecule has 8 nitrogen and oxygen atoms in total. The predicted octanol–water partition coefficient (Wildman–Crippen LogP) is 1.93. The lowest BCUT2D eigenvalue weighted by Gasteiger charge is -2.22. The molecule has 1 atom stereocenters. The number of rotatable bonds is 3. The highest BCUT2D eigenvalue weighted by atomic mass is 35.5. The van der Waals surface area contributed by atoms with Gasteiger partial charge in [0.25, 0.3) is 0 Å². The average Bonchev–Trinajstić information content (AvgIpc) is 2.84. The summed E-state index contributed by atoms with van der Waals surface area (Å²) < 4.78 is 5.22. The fourth-order valence-electron chi connectivity index (χ4n) is 2.24. The Balaban J connectivity index is 2.00. The minimum atomic E-state index is -1.17. The third-order valence-electron chi connectivity index (χ3n) is 3.14. The van der Waals surface area contributed by atoms with Gasteiger partial charge in [-0.2, -0.15) is 0 Å². The molecule has 126 valence electrons. The van der Waals surface area contributed by atoms with Crippen LogP contribution in [-0.4, -0.2) is 51.9 Å². The Kier molecular flexibility index (Phi) is 4.93. The number of anilines is 1. The van der Waals surface area contributed by atoms with Crippen LogP contribution >= 0.6 is 11.6 Å². The quantitative estimate of drug-likeness (QED) is 0.808. The fourth-order valence-corrected chi connectivity index (χ4v) is 2.42. The number of halogens is 1. The van der Waals surface area contributed by atoms with Gasteiger partial charge in [-0.1, -0.05) is 0 Å². The number of amides is 1. The Labute approximate surface area is 138 Å². The number of nitrogens with one attached hydrogen (secondary N) is 1. The van der Waals surface area contributed by atoms with Crippen LogP contribution in [0.15, 0.2) is 6.07 Å². The maximum atomic E-state index is 11.8. The van der Waals surface area contributed by atoms with E-state index in [-0.39, 0.29) is 17.0 Å². The number of carboxylic acids is 1. The van der Waals surface area contributed by atoms with Crippen molar-refractivity contribution in [3.8, 4) is 0 Å². The SMILES string of the molecule is CC(C)(C)OC(=O)N[C@H]1CCN(c2cc(C(=O)O)nc(Cl)n2)C1. The molecule has 23 heavy (non-hydrogen) atoms. The summed E-state index contributed by atoms with van der Waals surface area (Å²) in [5, 5.41) is 11.7. The number of aromatic carboxylic acids is 1. The third-order valence-corrected chi connectivity index (χ3v) is 3.31. The Bertz CT molecular complexity index is 617. The van der Waals surface area contributed by atoms with Gasteiger partial charge in [-0.05, 0) is 38.8 Å². The second-order valence-corrected chi connectivity index (χ2v) is 6.60. The molecule has 1 amide bonds. The van der Waals surface area contributed by atoms with E-state index in [2.05, 4.69) is 15.3 Å². The topological polar surface area (TPSA) is 105 Å². The molecule has 0 spiro atoms. The molecular formula is C14H19ClN4O4. The molecule has 2 heterocycles. The molecule has 2 N–H and O–H groups in total. The first-order valence-electron chi connectivity index (χ1n) is 7.16. The first-order valence-corrected chi connectivity index (χ1v) is 7.54. The van der Waals surface area contributed by atoms with E-state index in [1.165, 1.54) is 6.07 Å². The summed E-state index contributed by atoms with van der Waals surface area (Å²) in [6, 6.07) is 1.26. The van der Waals surface area contributed by atoms with Crippen molar-refractivity contribution in [3.63, 3.8) is 0 Å². The second-order valence-electron chi connectivity index (χ2n) is 6.26. The summed E-state index contributed by atoms with van der Waals surface area (Å²) in [7, 11) is 0. The van der Waals surface area contributed by atoms with E-state index in [1.807, 2.05) is 4.90 Å². The van der Waals surface area contributed by atoms with E-state index in [4.69, 9.17) is 21.4 Å². The number of hydrogen-bond acceptors (Lipinski definition) is 6. The van der Waals surface area contributed by atoms with Crippen LogP contribution in [0.25, 0.3) is 0 Å². The van der Waals surface area contributed by atoms with Crippen molar-refractivity contribution in [2.45, 2.75) is 38.8 Å². The molecule has 9 heteroatoms. The predicted molar refractivity (Wildman–Crippen MR) is 84.0 cm³/mol. The van der Waals surface area contributed by atoms with Gasteiger partial charge in [-0.3, -0.25) is 0 Å². The van der Waals surface area contributed by atoms with Crippen LogP contribution < -0.4 is 10.2 Å². The van der Waals surface area contributed by atoms with Crippen LogP contribution in [0.1, 0.15) is 37.7 Å². The fraction of sp³-hybridized carbons (Fsp3) is 0.571. The minimum absolute atomic E-state index is 0.105. The zero-order chi connectivity index (χ0) is 17.2. The number of carbonyl (C=O) groups is 2. The summed E-state index contributed by atoms with van der Waals surface area (Å²) in [4.78, 5) is 32.3. The number of ether oxygens (including phenoxy) is 1. The van der Waals surface area contributed by atoms with Crippen LogP contribution in [-0.2, 0) is 4.74 Å². The Morgan fingerprint density at radius 3 is 2.74 bits per heavy atom. The van der Waals surface area contributed by atoms with Crippen molar-refractivity contribution in [2.24, 2.45) is 0 Å². The van der Waals surface area contributed by atoms with E-state index in [1.54, 1.807) is 20.8 Å². The van der Waals surface area contributed by atoms with E-state index < -0.39 is 17.7 Å². The number of hydrogen-bond donors (Lipinski definition) is 2. The standard InChI is InChI=1S/C14H19ClN4O4/c1-14(2,3)23-13(22)16-8-4-5-19(7-8)10-6-9(11(20)21)17-12(15)18-10/h6,8H,4-5,7H2,1-3H3,(H,16,22)(H,20,21)/t8-/m0/s1. The van der Waals surface area contributed by atoms with E-state index in [0.29, 0.717) is 25.3 Å². The average molecular weight is 343 g/mol. The lowest BCUT2D eigenvalue weighted by molar-refractivity contribution is 0.0508. The molecule has 0 aromatic carbocycles. The highest BCUT2D eigenvalue weighted by molar-refractivity contribution is 6.28. The van der Waals surface area contributed by atoms with E-state index in [9.17, 15) is 9.59 Å². The molecule has 1 aromatic rings. The van der Waals surface area contributed by atoms with Crippen LogP contribution in [0.2, 0.25) is 5.28 Å². The number of carboxylic acid groups (broad SMARTS) is 1. The van der Waals surface area contributed by atoms with Gasteiger partial charge in [-0.25, -0.2) is 19.6 Å². The maximum absolute atomic E-state index is 11.8. The molecule has 1 aliphatic rings. The Morgan fingerprint density at radius 2 is 2.13 bits per heavy atom. The van der Waals surface area contributed by atoms with Gasteiger partial charge in [0.15, 0.2) is 5.69 Å². The molecule has 1 fully saturated rings. The minimum Gasteiger partial charge on any atom is -0.477 e. The lowest BCUT2D eigenvalue weighted by atomic mass is 10.2. The number of alkyl carbamates (subject to hydrolysis) is 1. The van der Waals surface area contributed by atoms with Crippen molar-refractivity contribution in [2.75, 3.05) is 18.0 Å². The van der Waals surface area contributed by atoms with Gasteiger partial charge in [0.05, 0.1) is 6.04 Å². The monoisotopic (exact) mass is 342 g/mol. The molecule has 0 radical (unpaired) electrons. The second kappa shape index (κ2) is 6.57. The maximum Gasteiger partial charge on any atom is 0.407 e. The van der Waals surface area contributed by atoms with Gasteiger partial charge in [0, 0.05) is 19.2 Å². The van der Waals surface area contributed by atoms with Crippen molar-refractivity contribution in [1.29, 1.82) is 0 Å². The highest BCUT2D eigenvalue weighted by Gasteiger charge is 2.27. The molecule has 1 saturated heterocycles. The lowest BCUT2D eigenvalue weighted by Crippen LogP contribution is -2.40. The normalized spacial score (nSPS) is 17.9. The summed E-state index contributed by atoms with van der Waals surface area (Å²) in [5.74, 6) is -0.742. The zero-order valence-corrected chi connectivity index (χ0v) is 13.9. The molecular weight excluding hydrogens is 324 g/mol. The van der Waals surface area contributed by atoms with Crippen molar-refractivity contribution < 1.29 is 19.4 Å². The van der Waals surface area contributed by atoms with E-state index >= 15 is 0 Å². The van der Waals surface area contributed by atoms with Crippen molar-refractivity contribution in [3.05, 3.63) is 17.0 Å². The van der Waals surface area contributed by atoms with Gasteiger partial charge in [-0.15, -0.1) is 0 Å². The summed E-state index contributed by atoms with van der Waals surface area (Å²) in [6.07, 6.45) is 0.222. The van der Waals surface area contributed by atoms with Crippen LogP contribution in [0.5, 0.6) is 0 Å². The molecule has 0 unspecified atom stereocenters. The van der Waals surface area contributed by atoms with Crippen molar-refractivity contribution in [1.82, 2.24) is 15.3 Å². The molecule has 2 rings (SSSR count). The smallest absolute Gasteiger partial charge is 0.407 e. The Morgan fingerprint density at radius 1 is 1.43 bits per heavy atom. The van der Waals surface area contributed by atoms with Crippen molar-refractivity contribution >= 4 is 29.5 Å². The molecule has 1 aromatic heterocycles. The number of carbonyl (C=O) groups excluding carboxylic acids is 1. The summed E-state index contributed by atoms with van der Waals surface area (Å²) >= 11 is 5.76. The largest absolute Gasteiger partial charge is 0.477 e. The summed E-state index contributed by atoms with van der Waals surface area (Å²) in [6.45, 7) is 6.50. The van der Waals surface area contributed by atoms with Crippen LogP contribution in [0.4, 0.5) is 10.6 Å². The summed E-state index contributed by atoms with van der Waals surface area (Å²) in [5.41, 5.74) is -0.720.